The maximum atomic E-state index is 10.6. The van der Waals surface area contributed by atoms with Gasteiger partial charge in [0.15, 0.2) is 12.5 Å². The van der Waals surface area contributed by atoms with E-state index in [2.05, 4.69) is 16.3 Å². The molecule has 0 heterocycles. The second-order valence-electron chi connectivity index (χ2n) is 2.77. The Labute approximate surface area is 93.9 Å². The second kappa shape index (κ2) is 8.79. The molecule has 0 radical (unpaired) electrons. The Morgan fingerprint density at radius 1 is 1.50 bits per heavy atom. The number of hydrogen-bond donors (Lipinski definition) is 0. The molecule has 0 amide bonds. The molecule has 2 atom stereocenters. The molecule has 0 aliphatic rings. The molecule has 16 heavy (non-hydrogen) atoms. The molecule has 0 saturated carbocycles. The highest BCUT2D eigenvalue weighted by atomic mass is 16.7. The van der Waals surface area contributed by atoms with Crippen LogP contribution in [0.25, 0.3) is 0 Å². The summed E-state index contributed by atoms with van der Waals surface area (Å²) in [6.45, 7) is 6.78. The number of aliphatic imine (C=N–C) groups is 1. The van der Waals surface area contributed by atoms with Gasteiger partial charge in [-0.3, -0.25) is 0 Å². The van der Waals surface area contributed by atoms with Crippen molar-refractivity contribution in [2.24, 2.45) is 4.99 Å². The summed E-state index contributed by atoms with van der Waals surface area (Å²) >= 11 is 0. The Morgan fingerprint density at radius 2 is 2.19 bits per heavy atom. The van der Waals surface area contributed by atoms with E-state index >= 15 is 0 Å². The van der Waals surface area contributed by atoms with Crippen LogP contribution in [0.5, 0.6) is 0 Å². The van der Waals surface area contributed by atoms with Gasteiger partial charge >= 0.3 is 5.97 Å². The minimum atomic E-state index is -0.608. The fourth-order valence-corrected chi connectivity index (χ4v) is 0.837. The Morgan fingerprint density at radius 3 is 2.75 bits per heavy atom. The third-order valence-electron chi connectivity index (χ3n) is 1.47. The molecule has 0 aromatic rings. The van der Waals surface area contributed by atoms with Crippen LogP contribution in [-0.2, 0) is 23.8 Å². The average Bonchev–Trinajstić information content (AvgIpc) is 2.24. The molecule has 6 nitrogen and oxygen atoms in total. The predicted octanol–water partition coefficient (Wildman–Crippen LogP) is 0.777. The van der Waals surface area contributed by atoms with Gasteiger partial charge in [0.2, 0.25) is 6.08 Å². The van der Waals surface area contributed by atoms with Crippen LogP contribution < -0.4 is 0 Å². The number of isocyanates is 1. The van der Waals surface area contributed by atoms with Crippen LogP contribution >= 0.6 is 0 Å². The van der Waals surface area contributed by atoms with Crippen molar-refractivity contribution in [3.05, 3.63) is 12.7 Å². The number of esters is 1. The number of nitrogens with zero attached hydrogens (tertiary/aromatic N) is 1. The van der Waals surface area contributed by atoms with Crippen molar-refractivity contribution in [1.82, 2.24) is 0 Å². The predicted molar refractivity (Wildman–Crippen MR) is 55.2 cm³/mol. The SMILES string of the molecule is C=CC(=O)OCCOC(C)OC(C)N=C=O. The van der Waals surface area contributed by atoms with E-state index in [-0.39, 0.29) is 13.2 Å². The summed E-state index contributed by atoms with van der Waals surface area (Å²) in [5, 5.41) is 0. The van der Waals surface area contributed by atoms with E-state index in [1.807, 2.05) is 0 Å². The fraction of sp³-hybridized carbons (Fsp3) is 0.600. The van der Waals surface area contributed by atoms with Gasteiger partial charge in [0.05, 0.1) is 6.61 Å². The first-order valence-electron chi connectivity index (χ1n) is 4.73. The molecule has 90 valence electrons. The lowest BCUT2D eigenvalue weighted by Gasteiger charge is -2.15. The summed E-state index contributed by atoms with van der Waals surface area (Å²) in [4.78, 5) is 23.8. The Bertz CT molecular complexity index is 272. The number of ether oxygens (including phenoxy) is 3. The van der Waals surface area contributed by atoms with E-state index in [1.165, 1.54) is 6.08 Å². The Balaban J connectivity index is 3.57. The second-order valence-corrected chi connectivity index (χ2v) is 2.77. The molecule has 0 rings (SSSR count). The van der Waals surface area contributed by atoms with Gasteiger partial charge in [-0.25, -0.2) is 9.59 Å². The van der Waals surface area contributed by atoms with E-state index in [1.54, 1.807) is 13.8 Å². The van der Waals surface area contributed by atoms with Crippen molar-refractivity contribution in [2.45, 2.75) is 26.4 Å². The largest absolute Gasteiger partial charge is 0.460 e. The van der Waals surface area contributed by atoms with E-state index in [0.29, 0.717) is 0 Å². The lowest BCUT2D eigenvalue weighted by Crippen LogP contribution is -2.21. The van der Waals surface area contributed by atoms with E-state index in [9.17, 15) is 9.59 Å². The van der Waals surface area contributed by atoms with Crippen molar-refractivity contribution in [2.75, 3.05) is 13.2 Å². The standard InChI is InChI=1S/C10H15NO5/c1-4-10(13)15-6-5-14-9(3)16-8(2)11-7-12/h4,8-9H,1,5-6H2,2-3H3. The zero-order valence-electron chi connectivity index (χ0n) is 9.34. The van der Waals surface area contributed by atoms with Crippen LogP contribution in [0.4, 0.5) is 0 Å². The molecule has 0 aliphatic carbocycles. The summed E-state index contributed by atoms with van der Waals surface area (Å²) in [5.41, 5.74) is 0. The van der Waals surface area contributed by atoms with Crippen LogP contribution in [0.15, 0.2) is 17.6 Å². The lowest BCUT2D eigenvalue weighted by molar-refractivity contribution is -0.165. The zero-order chi connectivity index (χ0) is 12.4. The molecular formula is C10H15NO5. The molecule has 2 unspecified atom stereocenters. The van der Waals surface area contributed by atoms with Crippen molar-refractivity contribution >= 4 is 12.0 Å². The van der Waals surface area contributed by atoms with Crippen molar-refractivity contribution in [3.63, 3.8) is 0 Å². The number of hydrogen-bond acceptors (Lipinski definition) is 6. The van der Waals surface area contributed by atoms with E-state index in [0.717, 1.165) is 6.08 Å². The number of carbonyl (C=O) groups excluding carboxylic acids is 2. The Kier molecular flexibility index (Phi) is 7.97. The third-order valence-corrected chi connectivity index (χ3v) is 1.47. The molecular weight excluding hydrogens is 214 g/mol. The van der Waals surface area contributed by atoms with Gasteiger partial charge in [-0.2, -0.15) is 4.99 Å². The molecule has 0 aromatic heterocycles. The summed E-state index contributed by atoms with van der Waals surface area (Å²) in [6, 6.07) is 0. The number of rotatable bonds is 8. The average molecular weight is 229 g/mol. The minimum absolute atomic E-state index is 0.115. The van der Waals surface area contributed by atoms with Crippen LogP contribution in [-0.4, -0.2) is 37.8 Å². The maximum Gasteiger partial charge on any atom is 0.330 e. The molecule has 6 heteroatoms. The monoisotopic (exact) mass is 229 g/mol. The van der Waals surface area contributed by atoms with Crippen LogP contribution in [0.2, 0.25) is 0 Å². The number of carbonyl (C=O) groups is 1. The van der Waals surface area contributed by atoms with Gasteiger partial charge in [-0.1, -0.05) is 6.58 Å². The molecule has 0 N–H and O–H groups in total. The highest BCUT2D eigenvalue weighted by Gasteiger charge is 2.07. The summed E-state index contributed by atoms with van der Waals surface area (Å²) in [5.74, 6) is -0.504. The van der Waals surface area contributed by atoms with Crippen LogP contribution in [0, 0.1) is 0 Å². The van der Waals surface area contributed by atoms with Gasteiger partial charge in [0.1, 0.15) is 6.61 Å². The molecule has 0 spiro atoms. The summed E-state index contributed by atoms with van der Waals surface area (Å²) in [7, 11) is 0. The minimum Gasteiger partial charge on any atom is -0.460 e. The quantitative estimate of drug-likeness (QED) is 0.153. The zero-order valence-corrected chi connectivity index (χ0v) is 9.34. The van der Waals surface area contributed by atoms with Gasteiger partial charge in [0.25, 0.3) is 0 Å². The van der Waals surface area contributed by atoms with Gasteiger partial charge in [-0.05, 0) is 13.8 Å². The molecule has 0 aliphatic heterocycles. The van der Waals surface area contributed by atoms with Gasteiger partial charge in [-0.15, -0.1) is 0 Å². The maximum absolute atomic E-state index is 10.6. The van der Waals surface area contributed by atoms with Crippen LogP contribution in [0.3, 0.4) is 0 Å². The smallest absolute Gasteiger partial charge is 0.330 e. The van der Waals surface area contributed by atoms with E-state index < -0.39 is 18.5 Å². The highest BCUT2D eigenvalue weighted by molar-refractivity contribution is 5.81. The van der Waals surface area contributed by atoms with Gasteiger partial charge < -0.3 is 14.2 Å². The molecule has 0 aromatic carbocycles. The molecule has 0 fully saturated rings. The summed E-state index contributed by atoms with van der Waals surface area (Å²) < 4.78 is 14.9. The normalized spacial score (nSPS) is 13.4. The lowest BCUT2D eigenvalue weighted by atomic mass is 10.6. The van der Waals surface area contributed by atoms with Crippen molar-refractivity contribution in [1.29, 1.82) is 0 Å². The molecule has 0 bridgehead atoms. The first-order chi connectivity index (χ1) is 7.60. The topological polar surface area (TPSA) is 74.2 Å². The van der Waals surface area contributed by atoms with Crippen molar-refractivity contribution < 1.29 is 23.8 Å². The van der Waals surface area contributed by atoms with Crippen LogP contribution in [0.1, 0.15) is 13.8 Å². The highest BCUT2D eigenvalue weighted by Crippen LogP contribution is 2.00. The third kappa shape index (κ3) is 7.87. The Hall–Kier alpha value is -1.49. The summed E-state index contributed by atoms with van der Waals surface area (Å²) in [6.07, 6.45) is 1.29. The first kappa shape index (κ1) is 14.5. The fourth-order valence-electron chi connectivity index (χ4n) is 0.837. The molecule has 0 saturated heterocycles. The van der Waals surface area contributed by atoms with Crippen molar-refractivity contribution in [3.8, 4) is 0 Å². The van der Waals surface area contributed by atoms with Gasteiger partial charge in [0, 0.05) is 6.08 Å². The first-order valence-corrected chi connectivity index (χ1v) is 4.73. The van der Waals surface area contributed by atoms with E-state index in [4.69, 9.17) is 9.47 Å².